The molecule has 2 aromatic heterocycles. The van der Waals surface area contributed by atoms with E-state index in [1.807, 2.05) is 13.1 Å². The van der Waals surface area contributed by atoms with Crippen molar-refractivity contribution < 1.29 is 13.9 Å². The maximum absolute atomic E-state index is 14.0. The lowest BCUT2D eigenvalue weighted by Gasteiger charge is -2.08. The van der Waals surface area contributed by atoms with Crippen molar-refractivity contribution >= 4 is 16.9 Å². The molecule has 1 aromatic carbocycles. The first-order valence-corrected chi connectivity index (χ1v) is 6.68. The van der Waals surface area contributed by atoms with Gasteiger partial charge in [0.15, 0.2) is 11.6 Å². The van der Waals surface area contributed by atoms with E-state index < -0.39 is 11.7 Å². The minimum atomic E-state index is -0.700. The van der Waals surface area contributed by atoms with Crippen LogP contribution in [-0.4, -0.2) is 20.9 Å². The van der Waals surface area contributed by atoms with Crippen molar-refractivity contribution in [3.05, 3.63) is 47.7 Å². The fourth-order valence-corrected chi connectivity index (χ4v) is 2.19. The molecule has 112 valence electrons. The molecule has 2 heterocycles. The zero-order valence-corrected chi connectivity index (χ0v) is 11.8. The van der Waals surface area contributed by atoms with E-state index in [1.165, 1.54) is 18.5 Å². The molecule has 0 fully saturated rings. The molecule has 0 bridgehead atoms. The first-order valence-electron chi connectivity index (χ1n) is 6.68. The Kier molecular flexibility index (Phi) is 3.46. The molecule has 0 atom stereocenters. The first-order chi connectivity index (χ1) is 10.6. The SMILES string of the molecule is CCc1c[nH]c2ncnc(Oc3ccc(C(N)=O)cc3F)c12. The van der Waals surface area contributed by atoms with E-state index >= 15 is 0 Å². The number of aryl methyl sites for hydroxylation is 1. The standard InChI is InChI=1S/C15H13FN4O2/c1-2-8-6-18-14-12(8)15(20-7-19-14)22-11-4-3-9(13(17)21)5-10(11)16/h3-7H,2H2,1H3,(H2,17,21)(H,18,19,20). The highest BCUT2D eigenvalue weighted by molar-refractivity contribution is 5.93. The molecule has 0 aliphatic rings. The Morgan fingerprint density at radius 2 is 2.23 bits per heavy atom. The predicted molar refractivity (Wildman–Crippen MR) is 78.3 cm³/mol. The van der Waals surface area contributed by atoms with Gasteiger partial charge in [0, 0.05) is 11.8 Å². The highest BCUT2D eigenvalue weighted by Crippen LogP contribution is 2.31. The quantitative estimate of drug-likeness (QED) is 0.774. The minimum Gasteiger partial charge on any atom is -0.435 e. The second-order valence-corrected chi connectivity index (χ2v) is 4.68. The van der Waals surface area contributed by atoms with E-state index in [4.69, 9.17) is 10.5 Å². The third kappa shape index (κ3) is 2.37. The Hall–Kier alpha value is -2.96. The molecule has 0 radical (unpaired) electrons. The number of halogens is 1. The monoisotopic (exact) mass is 300 g/mol. The summed E-state index contributed by atoms with van der Waals surface area (Å²) in [7, 11) is 0. The van der Waals surface area contributed by atoms with Crippen LogP contribution in [0.4, 0.5) is 4.39 Å². The zero-order valence-electron chi connectivity index (χ0n) is 11.8. The van der Waals surface area contributed by atoms with Crippen molar-refractivity contribution in [2.75, 3.05) is 0 Å². The molecule has 3 rings (SSSR count). The van der Waals surface area contributed by atoms with Gasteiger partial charge in [-0.05, 0) is 30.2 Å². The van der Waals surface area contributed by atoms with Crippen LogP contribution in [0.1, 0.15) is 22.8 Å². The summed E-state index contributed by atoms with van der Waals surface area (Å²) < 4.78 is 19.6. The normalized spacial score (nSPS) is 10.8. The van der Waals surface area contributed by atoms with Gasteiger partial charge in [0.2, 0.25) is 11.8 Å². The van der Waals surface area contributed by atoms with Gasteiger partial charge in [0.05, 0.1) is 5.39 Å². The van der Waals surface area contributed by atoms with E-state index in [9.17, 15) is 9.18 Å². The largest absolute Gasteiger partial charge is 0.435 e. The number of hydrogen-bond acceptors (Lipinski definition) is 4. The van der Waals surface area contributed by atoms with E-state index in [1.54, 1.807) is 0 Å². The first kappa shape index (κ1) is 14.0. The molecule has 0 aliphatic heterocycles. The fourth-order valence-electron chi connectivity index (χ4n) is 2.19. The highest BCUT2D eigenvalue weighted by atomic mass is 19.1. The number of nitrogens with two attached hydrogens (primary N) is 1. The number of amides is 1. The molecular formula is C15H13FN4O2. The Bertz CT molecular complexity index is 860. The molecule has 0 aliphatic carbocycles. The van der Waals surface area contributed by atoms with Crippen LogP contribution in [0, 0.1) is 5.82 Å². The maximum Gasteiger partial charge on any atom is 0.248 e. The Morgan fingerprint density at radius 3 is 2.91 bits per heavy atom. The number of hydrogen-bond donors (Lipinski definition) is 2. The number of aromatic amines is 1. The number of nitrogens with zero attached hydrogens (tertiary/aromatic N) is 2. The summed E-state index contributed by atoms with van der Waals surface area (Å²) >= 11 is 0. The average molecular weight is 300 g/mol. The second kappa shape index (κ2) is 5.44. The van der Waals surface area contributed by atoms with Gasteiger partial charge in [0.25, 0.3) is 0 Å². The van der Waals surface area contributed by atoms with Gasteiger partial charge in [-0.2, -0.15) is 0 Å². The molecule has 0 saturated heterocycles. The van der Waals surface area contributed by atoms with Gasteiger partial charge in [0.1, 0.15) is 12.0 Å². The average Bonchev–Trinajstić information content (AvgIpc) is 2.93. The van der Waals surface area contributed by atoms with Crippen molar-refractivity contribution in [1.29, 1.82) is 0 Å². The number of carbonyl (C=O) groups excluding carboxylic acids is 1. The number of carbonyl (C=O) groups is 1. The highest BCUT2D eigenvalue weighted by Gasteiger charge is 2.14. The van der Waals surface area contributed by atoms with Crippen LogP contribution in [0.3, 0.4) is 0 Å². The molecule has 0 spiro atoms. The van der Waals surface area contributed by atoms with Crippen molar-refractivity contribution in [3.8, 4) is 11.6 Å². The van der Waals surface area contributed by atoms with Crippen molar-refractivity contribution in [2.45, 2.75) is 13.3 Å². The lowest BCUT2D eigenvalue weighted by molar-refractivity contribution is 0.1000. The van der Waals surface area contributed by atoms with Gasteiger partial charge in [-0.1, -0.05) is 6.92 Å². The summed E-state index contributed by atoms with van der Waals surface area (Å²) in [5.41, 5.74) is 6.78. The smallest absolute Gasteiger partial charge is 0.248 e. The van der Waals surface area contributed by atoms with Gasteiger partial charge in [-0.25, -0.2) is 14.4 Å². The molecule has 0 saturated carbocycles. The molecule has 6 nitrogen and oxygen atoms in total. The van der Waals surface area contributed by atoms with Crippen molar-refractivity contribution in [3.63, 3.8) is 0 Å². The number of rotatable bonds is 4. The van der Waals surface area contributed by atoms with Crippen LogP contribution in [0.2, 0.25) is 0 Å². The van der Waals surface area contributed by atoms with Crippen LogP contribution in [0.15, 0.2) is 30.7 Å². The van der Waals surface area contributed by atoms with E-state index in [0.717, 1.165) is 18.1 Å². The number of ether oxygens (including phenoxy) is 1. The molecule has 22 heavy (non-hydrogen) atoms. The summed E-state index contributed by atoms with van der Waals surface area (Å²) in [5.74, 6) is -1.16. The van der Waals surface area contributed by atoms with Gasteiger partial charge < -0.3 is 15.5 Å². The molecule has 3 aromatic rings. The van der Waals surface area contributed by atoms with Crippen molar-refractivity contribution in [2.24, 2.45) is 5.73 Å². The molecular weight excluding hydrogens is 287 g/mol. The number of primary amides is 1. The molecule has 7 heteroatoms. The number of H-pyrrole nitrogens is 1. The minimum absolute atomic E-state index is 0.0340. The van der Waals surface area contributed by atoms with E-state index in [0.29, 0.717) is 11.0 Å². The lowest BCUT2D eigenvalue weighted by atomic mass is 10.2. The maximum atomic E-state index is 14.0. The van der Waals surface area contributed by atoms with E-state index in [2.05, 4.69) is 15.0 Å². The van der Waals surface area contributed by atoms with Gasteiger partial charge >= 0.3 is 0 Å². The Labute approximate surface area is 125 Å². The van der Waals surface area contributed by atoms with Crippen LogP contribution in [-0.2, 0) is 6.42 Å². The van der Waals surface area contributed by atoms with Gasteiger partial charge in [-0.15, -0.1) is 0 Å². The molecule has 0 unspecified atom stereocenters. The van der Waals surface area contributed by atoms with Crippen LogP contribution in [0.25, 0.3) is 11.0 Å². The number of nitrogens with one attached hydrogen (secondary N) is 1. The van der Waals surface area contributed by atoms with Crippen LogP contribution < -0.4 is 10.5 Å². The summed E-state index contributed by atoms with van der Waals surface area (Å²) in [4.78, 5) is 22.2. The topological polar surface area (TPSA) is 93.9 Å². The van der Waals surface area contributed by atoms with Crippen LogP contribution in [0.5, 0.6) is 11.6 Å². The Balaban J connectivity index is 2.03. The van der Waals surface area contributed by atoms with Crippen molar-refractivity contribution in [1.82, 2.24) is 15.0 Å². The number of benzene rings is 1. The number of fused-ring (bicyclic) bond motifs is 1. The van der Waals surface area contributed by atoms with Gasteiger partial charge in [-0.3, -0.25) is 4.79 Å². The zero-order chi connectivity index (χ0) is 15.7. The molecule has 3 N–H and O–H groups in total. The number of aromatic nitrogens is 3. The van der Waals surface area contributed by atoms with E-state index in [-0.39, 0.29) is 17.2 Å². The lowest BCUT2D eigenvalue weighted by Crippen LogP contribution is -2.11. The third-order valence-electron chi connectivity index (χ3n) is 3.32. The molecule has 1 amide bonds. The third-order valence-corrected chi connectivity index (χ3v) is 3.32. The van der Waals surface area contributed by atoms with Crippen LogP contribution >= 0.6 is 0 Å². The second-order valence-electron chi connectivity index (χ2n) is 4.68. The Morgan fingerprint density at radius 1 is 1.41 bits per heavy atom. The summed E-state index contributed by atoms with van der Waals surface area (Å²) in [5, 5.41) is 0.711. The fraction of sp³-hybridized carbons (Fsp3) is 0.133. The summed E-state index contributed by atoms with van der Waals surface area (Å²) in [6.45, 7) is 1.99. The summed E-state index contributed by atoms with van der Waals surface area (Å²) in [6, 6.07) is 3.78. The predicted octanol–water partition coefficient (Wildman–Crippen LogP) is 2.55. The summed E-state index contributed by atoms with van der Waals surface area (Å²) in [6.07, 6.45) is 3.91.